The molecule has 1 amide bonds. The van der Waals surface area contributed by atoms with E-state index in [1.54, 1.807) is 12.1 Å². The van der Waals surface area contributed by atoms with Gasteiger partial charge >= 0.3 is 0 Å². The number of benzene rings is 2. The van der Waals surface area contributed by atoms with Crippen LogP contribution in [-0.2, 0) is 14.8 Å². The highest BCUT2D eigenvalue weighted by Crippen LogP contribution is 2.30. The summed E-state index contributed by atoms with van der Waals surface area (Å²) in [4.78, 5) is 12.1. The van der Waals surface area contributed by atoms with E-state index >= 15 is 0 Å². The molecule has 0 spiro atoms. The summed E-state index contributed by atoms with van der Waals surface area (Å²) in [6.07, 6.45) is 1.70. The van der Waals surface area contributed by atoms with Crippen LogP contribution in [-0.4, -0.2) is 33.7 Å². The Morgan fingerprint density at radius 1 is 1.14 bits per heavy atom. The van der Waals surface area contributed by atoms with E-state index in [4.69, 9.17) is 23.2 Å². The minimum atomic E-state index is -3.54. The number of halogens is 2. The van der Waals surface area contributed by atoms with E-state index in [9.17, 15) is 13.2 Å². The number of sulfonamides is 1. The van der Waals surface area contributed by atoms with Gasteiger partial charge in [0.15, 0.2) is 0 Å². The van der Waals surface area contributed by atoms with Crippen LogP contribution >= 0.6 is 23.2 Å². The highest BCUT2D eigenvalue weighted by molar-refractivity contribution is 7.92. The van der Waals surface area contributed by atoms with Crippen LogP contribution in [0.3, 0.4) is 0 Å². The summed E-state index contributed by atoms with van der Waals surface area (Å²) in [5, 5.41) is 3.58. The monoisotopic (exact) mass is 442 g/mol. The SMILES string of the molecule is CC(CNC(=O)CCCN(c1ccc(Cl)cc1Cl)S(C)(=O)=O)c1ccccc1. The molecule has 1 atom stereocenters. The van der Waals surface area contributed by atoms with Gasteiger partial charge in [0, 0.05) is 24.5 Å². The normalized spacial score (nSPS) is 12.4. The molecular formula is C20H24Cl2N2O3S. The van der Waals surface area contributed by atoms with Crippen molar-refractivity contribution in [2.75, 3.05) is 23.7 Å². The predicted octanol–water partition coefficient (Wildman–Crippen LogP) is 4.46. The van der Waals surface area contributed by atoms with Crippen molar-refractivity contribution in [3.8, 4) is 0 Å². The van der Waals surface area contributed by atoms with Gasteiger partial charge in [-0.2, -0.15) is 0 Å². The van der Waals surface area contributed by atoms with Gasteiger partial charge in [0.1, 0.15) is 0 Å². The van der Waals surface area contributed by atoms with Crippen molar-refractivity contribution in [3.05, 3.63) is 64.1 Å². The maximum Gasteiger partial charge on any atom is 0.232 e. The van der Waals surface area contributed by atoms with Gasteiger partial charge in [-0.05, 0) is 36.1 Å². The number of amides is 1. The highest BCUT2D eigenvalue weighted by atomic mass is 35.5. The van der Waals surface area contributed by atoms with E-state index in [0.29, 0.717) is 23.7 Å². The average Bonchev–Trinajstić information content (AvgIpc) is 2.64. The third-order valence-corrected chi connectivity index (χ3v) is 6.04. The Balaban J connectivity index is 1.89. The molecule has 5 nitrogen and oxygen atoms in total. The van der Waals surface area contributed by atoms with E-state index in [-0.39, 0.29) is 29.8 Å². The molecule has 0 aliphatic rings. The molecule has 28 heavy (non-hydrogen) atoms. The predicted molar refractivity (Wildman–Crippen MR) is 116 cm³/mol. The lowest BCUT2D eigenvalue weighted by molar-refractivity contribution is -0.121. The van der Waals surface area contributed by atoms with Gasteiger partial charge in [0.2, 0.25) is 15.9 Å². The minimum absolute atomic E-state index is 0.113. The van der Waals surface area contributed by atoms with Gasteiger partial charge in [-0.25, -0.2) is 8.42 Å². The van der Waals surface area contributed by atoms with Crippen molar-refractivity contribution in [2.24, 2.45) is 0 Å². The maximum atomic E-state index is 12.2. The summed E-state index contributed by atoms with van der Waals surface area (Å²) in [6.45, 7) is 2.73. The molecule has 2 aromatic rings. The number of carbonyl (C=O) groups is 1. The van der Waals surface area contributed by atoms with Crippen LogP contribution in [0, 0.1) is 0 Å². The van der Waals surface area contributed by atoms with Gasteiger partial charge in [-0.3, -0.25) is 9.10 Å². The average molecular weight is 443 g/mol. The minimum Gasteiger partial charge on any atom is -0.356 e. The van der Waals surface area contributed by atoms with Crippen LogP contribution in [0.2, 0.25) is 10.0 Å². The summed E-state index contributed by atoms with van der Waals surface area (Å²) in [7, 11) is -3.54. The Morgan fingerprint density at radius 3 is 2.43 bits per heavy atom. The summed E-state index contributed by atoms with van der Waals surface area (Å²) < 4.78 is 25.5. The van der Waals surface area contributed by atoms with Crippen LogP contribution in [0.15, 0.2) is 48.5 Å². The highest BCUT2D eigenvalue weighted by Gasteiger charge is 2.20. The maximum absolute atomic E-state index is 12.2. The first-order valence-electron chi connectivity index (χ1n) is 8.93. The first-order chi connectivity index (χ1) is 13.2. The molecule has 1 unspecified atom stereocenters. The van der Waals surface area contributed by atoms with Crippen LogP contribution < -0.4 is 9.62 Å². The Bertz CT molecular complexity index is 905. The van der Waals surface area contributed by atoms with Gasteiger partial charge in [-0.1, -0.05) is 60.5 Å². The fourth-order valence-electron chi connectivity index (χ4n) is 2.79. The van der Waals surface area contributed by atoms with Crippen LogP contribution in [0.5, 0.6) is 0 Å². The molecule has 2 rings (SSSR count). The fraction of sp³-hybridized carbons (Fsp3) is 0.350. The summed E-state index contributed by atoms with van der Waals surface area (Å²) in [6, 6.07) is 14.6. The lowest BCUT2D eigenvalue weighted by Gasteiger charge is -2.23. The number of hydrogen-bond acceptors (Lipinski definition) is 3. The van der Waals surface area contributed by atoms with Gasteiger partial charge in [-0.15, -0.1) is 0 Å². The second kappa shape index (κ2) is 10.1. The van der Waals surface area contributed by atoms with Crippen LogP contribution in [0.25, 0.3) is 0 Å². The molecular weight excluding hydrogens is 419 g/mol. The van der Waals surface area contributed by atoms with E-state index in [1.165, 1.54) is 10.4 Å². The number of anilines is 1. The second-order valence-corrected chi connectivity index (χ2v) is 9.40. The molecule has 0 fully saturated rings. The smallest absolute Gasteiger partial charge is 0.232 e. The first kappa shape index (κ1) is 22.5. The zero-order chi connectivity index (χ0) is 20.7. The number of nitrogens with one attached hydrogen (secondary N) is 1. The third kappa shape index (κ3) is 6.69. The second-order valence-electron chi connectivity index (χ2n) is 6.65. The molecule has 0 bridgehead atoms. The van der Waals surface area contributed by atoms with Crippen LogP contribution in [0.1, 0.15) is 31.2 Å². The molecule has 1 N–H and O–H groups in total. The van der Waals surface area contributed by atoms with Crippen LogP contribution in [0.4, 0.5) is 5.69 Å². The molecule has 0 saturated carbocycles. The van der Waals surface area contributed by atoms with E-state index in [0.717, 1.165) is 11.8 Å². The zero-order valence-corrected chi connectivity index (χ0v) is 18.2. The molecule has 0 saturated heterocycles. The third-order valence-electron chi connectivity index (χ3n) is 4.32. The largest absolute Gasteiger partial charge is 0.356 e. The Kier molecular flexibility index (Phi) is 8.16. The van der Waals surface area contributed by atoms with Gasteiger partial charge in [0.25, 0.3) is 0 Å². The lowest BCUT2D eigenvalue weighted by atomic mass is 10.0. The lowest BCUT2D eigenvalue weighted by Crippen LogP contribution is -2.33. The zero-order valence-electron chi connectivity index (χ0n) is 15.9. The van der Waals surface area contributed by atoms with Gasteiger partial charge < -0.3 is 5.32 Å². The Morgan fingerprint density at radius 2 is 1.82 bits per heavy atom. The van der Waals surface area contributed by atoms with Crippen molar-refractivity contribution in [1.29, 1.82) is 0 Å². The molecule has 0 heterocycles. The molecule has 8 heteroatoms. The van der Waals surface area contributed by atoms with Gasteiger partial charge in [0.05, 0.1) is 17.0 Å². The number of nitrogens with zero attached hydrogens (tertiary/aromatic N) is 1. The summed E-state index contributed by atoms with van der Waals surface area (Å²) in [5.41, 5.74) is 1.51. The molecule has 152 valence electrons. The first-order valence-corrected chi connectivity index (χ1v) is 11.5. The molecule has 2 aromatic carbocycles. The molecule has 0 aliphatic carbocycles. The van der Waals surface area contributed by atoms with E-state index in [1.807, 2.05) is 37.3 Å². The van der Waals surface area contributed by atoms with Crippen molar-refractivity contribution in [2.45, 2.75) is 25.7 Å². The van der Waals surface area contributed by atoms with Crippen molar-refractivity contribution < 1.29 is 13.2 Å². The van der Waals surface area contributed by atoms with Crippen molar-refractivity contribution in [3.63, 3.8) is 0 Å². The quantitative estimate of drug-likeness (QED) is 0.623. The van der Waals surface area contributed by atoms with E-state index in [2.05, 4.69) is 5.32 Å². The molecule has 0 aromatic heterocycles. The molecule has 0 radical (unpaired) electrons. The Labute approximate surface area is 176 Å². The van der Waals surface area contributed by atoms with E-state index < -0.39 is 10.0 Å². The van der Waals surface area contributed by atoms with Crippen molar-refractivity contribution >= 4 is 44.8 Å². The standard InChI is InChI=1S/C20H24Cl2N2O3S/c1-15(16-7-4-3-5-8-16)14-23-20(25)9-6-12-24(28(2,26)27)19-11-10-17(21)13-18(19)22/h3-5,7-8,10-11,13,15H,6,9,12,14H2,1-2H3,(H,23,25). The number of hydrogen-bond donors (Lipinski definition) is 1. The summed E-state index contributed by atoms with van der Waals surface area (Å²) >= 11 is 12.0. The fourth-order valence-corrected chi connectivity index (χ4v) is 4.32. The molecule has 0 aliphatic heterocycles. The topological polar surface area (TPSA) is 66.5 Å². The Hall–Kier alpha value is -1.76. The number of carbonyl (C=O) groups excluding carboxylic acids is 1. The van der Waals surface area contributed by atoms with Crippen molar-refractivity contribution in [1.82, 2.24) is 5.32 Å². The summed E-state index contributed by atoms with van der Waals surface area (Å²) in [5.74, 6) is 0.0870. The number of rotatable bonds is 9.